The van der Waals surface area contributed by atoms with E-state index in [1.54, 1.807) is 0 Å². The molecule has 2 aromatic rings. The topological polar surface area (TPSA) is 98.3 Å². The van der Waals surface area contributed by atoms with Gasteiger partial charge in [-0.1, -0.05) is 13.8 Å². The summed E-state index contributed by atoms with van der Waals surface area (Å²) in [5.74, 6) is 0.586. The number of nitrogens with zero attached hydrogens (tertiary/aromatic N) is 2. The van der Waals surface area contributed by atoms with Crippen LogP contribution in [0.4, 0.5) is 5.69 Å². The molecule has 0 saturated heterocycles. The van der Waals surface area contributed by atoms with Crippen molar-refractivity contribution in [2.75, 3.05) is 18.5 Å². The Labute approximate surface area is 139 Å². The first-order chi connectivity index (χ1) is 11.5. The molecule has 24 heavy (non-hydrogen) atoms. The average molecular weight is 328 g/mol. The number of carbonyl (C=O) groups excluding carboxylic acids is 2. The SMILES string of the molecule is CC(C)Cc1nc2ccc(NC3=CC(=O)N(CCO)C3=O)cc2[nH]1. The van der Waals surface area contributed by atoms with E-state index >= 15 is 0 Å². The maximum atomic E-state index is 12.1. The lowest BCUT2D eigenvalue weighted by atomic mass is 10.1. The Bertz CT molecular complexity index is 822. The van der Waals surface area contributed by atoms with Crippen molar-refractivity contribution in [3.05, 3.63) is 35.8 Å². The molecule has 0 aliphatic carbocycles. The third kappa shape index (κ3) is 3.16. The molecule has 1 aliphatic rings. The standard InChI is InChI=1S/C17H20N4O3/c1-10(2)7-15-19-12-4-3-11(8-13(12)20-15)18-14-9-16(23)21(5-6-22)17(14)24/h3-4,8-10,18,22H,5-7H2,1-2H3,(H,19,20). The molecule has 2 amide bonds. The summed E-state index contributed by atoms with van der Waals surface area (Å²) in [5.41, 5.74) is 2.64. The minimum absolute atomic E-state index is 0.00249. The fourth-order valence-electron chi connectivity index (χ4n) is 2.69. The van der Waals surface area contributed by atoms with Gasteiger partial charge < -0.3 is 15.4 Å². The Balaban J connectivity index is 1.79. The third-order valence-electron chi connectivity index (χ3n) is 3.74. The summed E-state index contributed by atoms with van der Waals surface area (Å²) in [7, 11) is 0. The average Bonchev–Trinajstić information content (AvgIpc) is 3.02. The van der Waals surface area contributed by atoms with Gasteiger partial charge in [-0.05, 0) is 24.1 Å². The van der Waals surface area contributed by atoms with E-state index in [0.29, 0.717) is 11.6 Å². The van der Waals surface area contributed by atoms with Gasteiger partial charge in [-0.3, -0.25) is 14.5 Å². The number of imidazole rings is 1. The number of aliphatic hydroxyl groups is 1. The molecular formula is C17H20N4O3. The van der Waals surface area contributed by atoms with Crippen LogP contribution in [0.25, 0.3) is 11.0 Å². The highest BCUT2D eigenvalue weighted by atomic mass is 16.3. The molecule has 0 bridgehead atoms. The van der Waals surface area contributed by atoms with E-state index in [0.717, 1.165) is 28.2 Å². The molecular weight excluding hydrogens is 308 g/mol. The zero-order valence-corrected chi connectivity index (χ0v) is 13.7. The summed E-state index contributed by atoms with van der Waals surface area (Å²) >= 11 is 0. The first-order valence-corrected chi connectivity index (χ1v) is 7.92. The first-order valence-electron chi connectivity index (χ1n) is 7.92. The first kappa shape index (κ1) is 16.2. The molecule has 1 aromatic carbocycles. The molecule has 1 aromatic heterocycles. The lowest BCUT2D eigenvalue weighted by Gasteiger charge is -2.13. The van der Waals surface area contributed by atoms with E-state index in [2.05, 4.69) is 29.1 Å². The monoisotopic (exact) mass is 328 g/mol. The van der Waals surface area contributed by atoms with Crippen LogP contribution < -0.4 is 5.32 Å². The number of aromatic nitrogens is 2. The van der Waals surface area contributed by atoms with E-state index in [1.165, 1.54) is 6.08 Å². The number of imide groups is 1. The fraction of sp³-hybridized carbons (Fsp3) is 0.353. The van der Waals surface area contributed by atoms with Crippen molar-refractivity contribution in [3.63, 3.8) is 0 Å². The van der Waals surface area contributed by atoms with Crippen molar-refractivity contribution in [2.24, 2.45) is 5.92 Å². The summed E-state index contributed by atoms with van der Waals surface area (Å²) in [4.78, 5) is 32.7. The number of aromatic amines is 1. The van der Waals surface area contributed by atoms with Crippen LogP contribution >= 0.6 is 0 Å². The predicted molar refractivity (Wildman–Crippen MR) is 90.1 cm³/mol. The number of hydrogen-bond acceptors (Lipinski definition) is 5. The minimum Gasteiger partial charge on any atom is -0.395 e. The summed E-state index contributed by atoms with van der Waals surface area (Å²) in [6.07, 6.45) is 2.12. The highest BCUT2D eigenvalue weighted by Gasteiger charge is 2.30. The van der Waals surface area contributed by atoms with Gasteiger partial charge in [0.25, 0.3) is 11.8 Å². The predicted octanol–water partition coefficient (Wildman–Crippen LogP) is 1.42. The molecule has 7 nitrogen and oxygen atoms in total. The van der Waals surface area contributed by atoms with Crippen molar-refractivity contribution in [2.45, 2.75) is 20.3 Å². The molecule has 0 atom stereocenters. The molecule has 0 fully saturated rings. The van der Waals surface area contributed by atoms with Gasteiger partial charge in [0.2, 0.25) is 0 Å². The molecule has 0 saturated carbocycles. The van der Waals surface area contributed by atoms with Crippen LogP contribution in [-0.4, -0.2) is 44.9 Å². The van der Waals surface area contributed by atoms with Crippen LogP contribution in [0.15, 0.2) is 30.0 Å². The molecule has 126 valence electrons. The number of rotatable bonds is 6. The number of aliphatic hydroxyl groups excluding tert-OH is 1. The normalized spacial score (nSPS) is 14.8. The second kappa shape index (κ2) is 6.45. The lowest BCUT2D eigenvalue weighted by molar-refractivity contribution is -0.137. The zero-order valence-electron chi connectivity index (χ0n) is 13.7. The molecule has 3 N–H and O–H groups in total. The summed E-state index contributed by atoms with van der Waals surface area (Å²) < 4.78 is 0. The Morgan fingerprint density at radius 2 is 2.12 bits per heavy atom. The second-order valence-corrected chi connectivity index (χ2v) is 6.22. The van der Waals surface area contributed by atoms with Gasteiger partial charge in [-0.2, -0.15) is 0 Å². The Morgan fingerprint density at radius 3 is 2.83 bits per heavy atom. The molecule has 7 heteroatoms. The van der Waals surface area contributed by atoms with E-state index < -0.39 is 11.8 Å². The van der Waals surface area contributed by atoms with Crippen molar-refractivity contribution in [1.29, 1.82) is 0 Å². The van der Waals surface area contributed by atoms with Crippen LogP contribution in [0.5, 0.6) is 0 Å². The molecule has 1 aliphatic heterocycles. The lowest BCUT2D eigenvalue weighted by Crippen LogP contribution is -2.34. The van der Waals surface area contributed by atoms with Gasteiger partial charge in [0.1, 0.15) is 11.5 Å². The van der Waals surface area contributed by atoms with Gasteiger partial charge in [0.15, 0.2) is 0 Å². The van der Waals surface area contributed by atoms with E-state index in [4.69, 9.17) is 5.11 Å². The maximum absolute atomic E-state index is 12.1. The number of hydrogen-bond donors (Lipinski definition) is 3. The number of H-pyrrole nitrogens is 1. The van der Waals surface area contributed by atoms with E-state index in [9.17, 15) is 9.59 Å². The fourth-order valence-corrected chi connectivity index (χ4v) is 2.69. The minimum atomic E-state index is -0.431. The number of anilines is 1. The molecule has 0 spiro atoms. The smallest absolute Gasteiger partial charge is 0.277 e. The number of nitrogens with one attached hydrogen (secondary N) is 2. The second-order valence-electron chi connectivity index (χ2n) is 6.22. The Hall–Kier alpha value is -2.67. The largest absolute Gasteiger partial charge is 0.395 e. The van der Waals surface area contributed by atoms with Gasteiger partial charge in [-0.25, -0.2) is 4.98 Å². The molecule has 2 heterocycles. The Kier molecular flexibility index (Phi) is 4.35. The van der Waals surface area contributed by atoms with E-state index in [1.807, 2.05) is 18.2 Å². The third-order valence-corrected chi connectivity index (χ3v) is 3.74. The summed E-state index contributed by atoms with van der Waals surface area (Å²) in [6, 6.07) is 5.54. The molecule has 3 rings (SSSR count). The van der Waals surface area contributed by atoms with Crippen molar-refractivity contribution < 1.29 is 14.7 Å². The quantitative estimate of drug-likeness (QED) is 0.697. The van der Waals surface area contributed by atoms with Gasteiger partial charge in [0.05, 0.1) is 24.2 Å². The summed E-state index contributed by atoms with van der Waals surface area (Å²) in [5, 5.41) is 11.9. The number of amides is 2. The van der Waals surface area contributed by atoms with Crippen LogP contribution in [0.1, 0.15) is 19.7 Å². The number of fused-ring (bicyclic) bond motifs is 1. The Morgan fingerprint density at radius 1 is 1.33 bits per heavy atom. The van der Waals surface area contributed by atoms with Gasteiger partial charge in [0, 0.05) is 18.2 Å². The number of benzene rings is 1. The number of carbonyl (C=O) groups is 2. The highest BCUT2D eigenvalue weighted by molar-refractivity contribution is 6.17. The number of β-amino-alcohol motifs (C(OH)–C–C–N with tert-alkyl or cyclic N) is 1. The molecule has 0 radical (unpaired) electrons. The molecule has 0 unspecified atom stereocenters. The van der Waals surface area contributed by atoms with Crippen LogP contribution in [-0.2, 0) is 16.0 Å². The van der Waals surface area contributed by atoms with Crippen molar-refractivity contribution in [3.8, 4) is 0 Å². The summed E-state index contributed by atoms with van der Waals surface area (Å²) in [6.45, 7) is 4.01. The van der Waals surface area contributed by atoms with Crippen molar-refractivity contribution >= 4 is 28.5 Å². The van der Waals surface area contributed by atoms with Gasteiger partial charge >= 0.3 is 0 Å². The maximum Gasteiger partial charge on any atom is 0.277 e. The highest BCUT2D eigenvalue weighted by Crippen LogP contribution is 2.21. The van der Waals surface area contributed by atoms with Crippen molar-refractivity contribution in [1.82, 2.24) is 14.9 Å². The zero-order chi connectivity index (χ0) is 17.3. The van der Waals surface area contributed by atoms with Crippen LogP contribution in [0, 0.1) is 5.92 Å². The van der Waals surface area contributed by atoms with Gasteiger partial charge in [-0.15, -0.1) is 0 Å². The van der Waals surface area contributed by atoms with E-state index in [-0.39, 0.29) is 18.8 Å². The van der Waals surface area contributed by atoms with Crippen LogP contribution in [0.2, 0.25) is 0 Å². The van der Waals surface area contributed by atoms with Crippen LogP contribution in [0.3, 0.4) is 0 Å².